The number of nitrogens with one attached hydrogen (secondary N) is 1. The van der Waals surface area contributed by atoms with E-state index in [2.05, 4.69) is 11.9 Å². The van der Waals surface area contributed by atoms with Gasteiger partial charge in [0.25, 0.3) is 0 Å². The third kappa shape index (κ3) is 3.62. The quantitative estimate of drug-likeness (QED) is 0.813. The van der Waals surface area contributed by atoms with Crippen molar-refractivity contribution in [2.45, 2.75) is 0 Å². The molecular formula is C12H12ClNO5. The van der Waals surface area contributed by atoms with Gasteiger partial charge in [0.1, 0.15) is 6.61 Å². The number of carboxylic acid groups (broad SMARTS) is 1. The Morgan fingerprint density at radius 1 is 1.53 bits per heavy atom. The number of ether oxygens (including phenoxy) is 2. The molecule has 0 aliphatic rings. The van der Waals surface area contributed by atoms with Gasteiger partial charge in [0, 0.05) is 0 Å². The second kappa shape index (κ2) is 6.65. The predicted octanol–water partition coefficient (Wildman–Crippen LogP) is 2.78. The van der Waals surface area contributed by atoms with Gasteiger partial charge in [-0.1, -0.05) is 24.3 Å². The van der Waals surface area contributed by atoms with Crippen molar-refractivity contribution < 1.29 is 24.2 Å². The SMILES string of the molecule is C=CCOC(=O)Nc1ccc(C(=O)O)c(Cl)c1OC. The van der Waals surface area contributed by atoms with E-state index in [-0.39, 0.29) is 28.6 Å². The molecule has 0 aromatic heterocycles. The lowest BCUT2D eigenvalue weighted by Crippen LogP contribution is -2.14. The third-order valence-electron chi connectivity index (χ3n) is 2.10. The number of halogens is 1. The van der Waals surface area contributed by atoms with Gasteiger partial charge in [0.15, 0.2) is 5.75 Å². The molecule has 0 aliphatic carbocycles. The number of hydrogen-bond acceptors (Lipinski definition) is 4. The Morgan fingerprint density at radius 3 is 2.74 bits per heavy atom. The Balaban J connectivity index is 3.02. The van der Waals surface area contributed by atoms with E-state index < -0.39 is 12.1 Å². The molecule has 0 heterocycles. The highest BCUT2D eigenvalue weighted by Gasteiger charge is 2.18. The highest BCUT2D eigenvalue weighted by molar-refractivity contribution is 6.35. The summed E-state index contributed by atoms with van der Waals surface area (Å²) in [7, 11) is 1.31. The molecule has 102 valence electrons. The van der Waals surface area contributed by atoms with Crippen LogP contribution < -0.4 is 10.1 Å². The number of aromatic carboxylic acids is 1. The van der Waals surface area contributed by atoms with E-state index in [1.807, 2.05) is 0 Å². The molecule has 0 spiro atoms. The number of benzene rings is 1. The first-order chi connectivity index (χ1) is 9.01. The molecule has 19 heavy (non-hydrogen) atoms. The molecule has 0 radical (unpaired) electrons. The van der Waals surface area contributed by atoms with Crippen LogP contribution in [-0.2, 0) is 4.74 Å². The van der Waals surface area contributed by atoms with E-state index in [4.69, 9.17) is 26.2 Å². The zero-order valence-electron chi connectivity index (χ0n) is 10.1. The molecule has 0 atom stereocenters. The van der Waals surface area contributed by atoms with Crippen LogP contribution in [0.3, 0.4) is 0 Å². The molecule has 6 nitrogen and oxygen atoms in total. The van der Waals surface area contributed by atoms with Crippen molar-refractivity contribution in [2.24, 2.45) is 0 Å². The second-order valence-corrected chi connectivity index (χ2v) is 3.70. The van der Waals surface area contributed by atoms with E-state index in [1.54, 1.807) is 0 Å². The molecule has 0 fully saturated rings. The number of rotatable bonds is 5. The molecule has 7 heteroatoms. The second-order valence-electron chi connectivity index (χ2n) is 3.33. The van der Waals surface area contributed by atoms with E-state index in [0.717, 1.165) is 0 Å². The summed E-state index contributed by atoms with van der Waals surface area (Å²) in [5.41, 5.74) is 0.0927. The number of carbonyl (C=O) groups is 2. The molecule has 0 saturated heterocycles. The molecule has 1 amide bonds. The van der Waals surface area contributed by atoms with Crippen LogP contribution in [-0.4, -0.2) is 30.9 Å². The molecule has 2 N–H and O–H groups in total. The fourth-order valence-corrected chi connectivity index (χ4v) is 1.62. The summed E-state index contributed by atoms with van der Waals surface area (Å²) in [5, 5.41) is 11.2. The number of methoxy groups -OCH3 is 1. The molecule has 0 bridgehead atoms. The van der Waals surface area contributed by atoms with Crippen molar-refractivity contribution in [1.82, 2.24) is 0 Å². The topological polar surface area (TPSA) is 84.9 Å². The maximum atomic E-state index is 11.4. The van der Waals surface area contributed by atoms with Crippen LogP contribution in [0, 0.1) is 0 Å². The minimum Gasteiger partial charge on any atom is -0.493 e. The molecule has 1 aromatic carbocycles. The van der Waals surface area contributed by atoms with Crippen molar-refractivity contribution in [3.05, 3.63) is 35.4 Å². The van der Waals surface area contributed by atoms with Crippen molar-refractivity contribution in [1.29, 1.82) is 0 Å². The van der Waals surface area contributed by atoms with Crippen molar-refractivity contribution in [2.75, 3.05) is 19.0 Å². The maximum absolute atomic E-state index is 11.4. The van der Waals surface area contributed by atoms with Crippen LogP contribution in [0.25, 0.3) is 0 Å². The fraction of sp³-hybridized carbons (Fsp3) is 0.167. The fourth-order valence-electron chi connectivity index (χ4n) is 1.30. The van der Waals surface area contributed by atoms with Gasteiger partial charge in [0.05, 0.1) is 23.4 Å². The summed E-state index contributed by atoms with van der Waals surface area (Å²) in [6.45, 7) is 3.45. The lowest BCUT2D eigenvalue weighted by molar-refractivity contribution is 0.0696. The summed E-state index contributed by atoms with van der Waals surface area (Å²) < 4.78 is 9.72. The Kier molecular flexibility index (Phi) is 5.20. The first kappa shape index (κ1) is 14.8. The average molecular weight is 286 g/mol. The van der Waals surface area contributed by atoms with Crippen LogP contribution in [0.5, 0.6) is 5.75 Å². The van der Waals surface area contributed by atoms with Gasteiger partial charge in [-0.05, 0) is 12.1 Å². The minimum atomic E-state index is -1.19. The van der Waals surface area contributed by atoms with E-state index in [1.165, 1.54) is 25.3 Å². The van der Waals surface area contributed by atoms with E-state index in [9.17, 15) is 9.59 Å². The van der Waals surface area contributed by atoms with Gasteiger partial charge >= 0.3 is 12.1 Å². The zero-order chi connectivity index (χ0) is 14.4. The summed E-state index contributed by atoms with van der Waals surface area (Å²) in [6.07, 6.45) is 0.689. The molecule has 1 rings (SSSR count). The highest BCUT2D eigenvalue weighted by atomic mass is 35.5. The van der Waals surface area contributed by atoms with Gasteiger partial charge in [-0.3, -0.25) is 5.32 Å². The minimum absolute atomic E-state index is 0.0507. The molecule has 0 aliphatic heterocycles. The van der Waals surface area contributed by atoms with Gasteiger partial charge in [-0.15, -0.1) is 0 Å². The number of hydrogen-bond donors (Lipinski definition) is 2. The Bertz CT molecular complexity index is 515. The lowest BCUT2D eigenvalue weighted by Gasteiger charge is -2.12. The molecular weight excluding hydrogens is 274 g/mol. The highest BCUT2D eigenvalue weighted by Crippen LogP contribution is 2.35. The summed E-state index contributed by atoms with van der Waals surface area (Å²) >= 11 is 5.88. The van der Waals surface area contributed by atoms with Crippen LogP contribution in [0.1, 0.15) is 10.4 Å². The largest absolute Gasteiger partial charge is 0.493 e. The first-order valence-corrected chi connectivity index (χ1v) is 5.53. The Hall–Kier alpha value is -2.21. The average Bonchev–Trinajstić information content (AvgIpc) is 2.36. The maximum Gasteiger partial charge on any atom is 0.412 e. The van der Waals surface area contributed by atoms with Crippen molar-refractivity contribution >= 4 is 29.4 Å². The Morgan fingerprint density at radius 2 is 2.21 bits per heavy atom. The van der Waals surface area contributed by atoms with Gasteiger partial charge in [-0.2, -0.15) is 0 Å². The van der Waals surface area contributed by atoms with Gasteiger partial charge < -0.3 is 14.6 Å². The molecule has 1 aromatic rings. The Labute approximate surface area is 114 Å². The zero-order valence-corrected chi connectivity index (χ0v) is 10.9. The summed E-state index contributed by atoms with van der Waals surface area (Å²) in [6, 6.07) is 2.62. The number of carbonyl (C=O) groups excluding carboxylic acids is 1. The summed E-state index contributed by atoms with van der Waals surface area (Å²) in [5.74, 6) is -1.14. The number of carboxylic acids is 1. The standard InChI is InChI=1S/C12H12ClNO5/c1-3-6-19-12(17)14-8-5-4-7(11(15)16)9(13)10(8)18-2/h3-5H,1,6H2,2H3,(H,14,17)(H,15,16). The van der Waals surface area contributed by atoms with Crippen LogP contribution in [0.2, 0.25) is 5.02 Å². The molecule has 0 saturated carbocycles. The van der Waals surface area contributed by atoms with Crippen molar-refractivity contribution in [3.63, 3.8) is 0 Å². The van der Waals surface area contributed by atoms with E-state index >= 15 is 0 Å². The van der Waals surface area contributed by atoms with Crippen LogP contribution in [0.4, 0.5) is 10.5 Å². The molecule has 0 unspecified atom stereocenters. The third-order valence-corrected chi connectivity index (χ3v) is 2.48. The summed E-state index contributed by atoms with van der Waals surface area (Å²) in [4.78, 5) is 22.3. The van der Waals surface area contributed by atoms with Crippen LogP contribution in [0.15, 0.2) is 24.8 Å². The smallest absolute Gasteiger partial charge is 0.412 e. The lowest BCUT2D eigenvalue weighted by atomic mass is 10.2. The predicted molar refractivity (Wildman–Crippen MR) is 70.1 cm³/mol. The normalized spacial score (nSPS) is 9.58. The number of anilines is 1. The first-order valence-electron chi connectivity index (χ1n) is 5.15. The van der Waals surface area contributed by atoms with Gasteiger partial charge in [0.2, 0.25) is 0 Å². The van der Waals surface area contributed by atoms with Crippen LogP contribution >= 0.6 is 11.6 Å². The van der Waals surface area contributed by atoms with Crippen molar-refractivity contribution in [3.8, 4) is 5.75 Å². The van der Waals surface area contributed by atoms with E-state index in [0.29, 0.717) is 0 Å². The van der Waals surface area contributed by atoms with Gasteiger partial charge in [-0.25, -0.2) is 9.59 Å². The number of amides is 1. The monoisotopic (exact) mass is 285 g/mol.